The first-order valence-electron chi connectivity index (χ1n) is 14.8. The number of aryl methyl sites for hydroxylation is 3. The topological polar surface area (TPSA) is 3.24 Å². The molecule has 8 rings (SSSR count). The van der Waals surface area contributed by atoms with E-state index in [0.717, 1.165) is 0 Å². The average Bonchev–Trinajstić information content (AvgIpc) is 3.48. The van der Waals surface area contributed by atoms with Gasteiger partial charge in [0.2, 0.25) is 0 Å². The molecule has 0 amide bonds. The van der Waals surface area contributed by atoms with Gasteiger partial charge in [-0.3, -0.25) is 0 Å². The van der Waals surface area contributed by atoms with Crippen molar-refractivity contribution >= 4 is 59.3 Å². The summed E-state index contributed by atoms with van der Waals surface area (Å²) >= 11 is 1.89. The quantitative estimate of drug-likeness (QED) is 0.208. The second kappa shape index (κ2) is 9.05. The van der Waals surface area contributed by atoms with E-state index >= 15 is 0 Å². The predicted molar refractivity (Wildman–Crippen MR) is 183 cm³/mol. The number of hydrogen-bond acceptors (Lipinski definition) is 2. The van der Waals surface area contributed by atoms with Crippen LogP contribution < -0.4 is 4.90 Å². The molecule has 42 heavy (non-hydrogen) atoms. The Hall–Kier alpha value is -4.40. The van der Waals surface area contributed by atoms with Crippen LogP contribution in [0.25, 0.3) is 42.1 Å². The molecule has 0 bridgehead atoms. The minimum atomic E-state index is -0.105. The van der Waals surface area contributed by atoms with E-state index in [-0.39, 0.29) is 5.41 Å². The zero-order valence-corrected chi connectivity index (χ0v) is 25.6. The lowest BCUT2D eigenvalue weighted by Crippen LogP contribution is -2.17. The van der Waals surface area contributed by atoms with Gasteiger partial charge in [0.1, 0.15) is 0 Å². The Morgan fingerprint density at radius 3 is 2.14 bits per heavy atom. The Kier molecular flexibility index (Phi) is 5.45. The van der Waals surface area contributed by atoms with Crippen molar-refractivity contribution in [2.24, 2.45) is 0 Å². The summed E-state index contributed by atoms with van der Waals surface area (Å²) in [6.45, 7) is 11.5. The van der Waals surface area contributed by atoms with Crippen molar-refractivity contribution in [3.05, 3.63) is 137 Å². The highest BCUT2D eigenvalue weighted by molar-refractivity contribution is 7.26. The Morgan fingerprint density at radius 2 is 1.31 bits per heavy atom. The first-order valence-corrected chi connectivity index (χ1v) is 15.6. The smallest absolute Gasteiger partial charge is 0.0640 e. The van der Waals surface area contributed by atoms with Crippen LogP contribution in [-0.2, 0) is 5.41 Å². The van der Waals surface area contributed by atoms with Gasteiger partial charge in [-0.25, -0.2) is 0 Å². The summed E-state index contributed by atoms with van der Waals surface area (Å²) in [6, 6.07) is 40.9. The fraction of sp³-hybridized carbons (Fsp3) is 0.150. The Balaban J connectivity index is 1.41. The van der Waals surface area contributed by atoms with Crippen LogP contribution in [0.1, 0.15) is 41.7 Å². The fourth-order valence-electron chi connectivity index (χ4n) is 7.17. The van der Waals surface area contributed by atoms with Crippen molar-refractivity contribution in [3.63, 3.8) is 0 Å². The van der Waals surface area contributed by atoms with Crippen molar-refractivity contribution in [2.45, 2.75) is 40.0 Å². The van der Waals surface area contributed by atoms with Gasteiger partial charge in [0, 0.05) is 32.3 Å². The second-order valence-corrected chi connectivity index (χ2v) is 13.4. The van der Waals surface area contributed by atoms with Crippen LogP contribution in [0, 0.1) is 20.8 Å². The minimum absolute atomic E-state index is 0.105. The molecular formula is C40H33NS. The number of nitrogens with zero attached hydrogens (tertiary/aromatic N) is 1. The average molecular weight is 560 g/mol. The summed E-state index contributed by atoms with van der Waals surface area (Å²) < 4.78 is 2.65. The third-order valence-corrected chi connectivity index (χ3v) is 10.6. The van der Waals surface area contributed by atoms with Gasteiger partial charge in [-0.05, 0) is 101 Å². The number of benzene rings is 6. The van der Waals surface area contributed by atoms with E-state index in [1.807, 2.05) is 11.3 Å². The van der Waals surface area contributed by atoms with Gasteiger partial charge in [0.15, 0.2) is 0 Å². The van der Waals surface area contributed by atoms with Gasteiger partial charge < -0.3 is 4.90 Å². The first-order chi connectivity index (χ1) is 20.3. The summed E-state index contributed by atoms with van der Waals surface area (Å²) in [6.07, 6.45) is 0. The summed E-state index contributed by atoms with van der Waals surface area (Å²) in [4.78, 5) is 2.50. The summed E-state index contributed by atoms with van der Waals surface area (Å²) in [5.74, 6) is 0. The first kappa shape index (κ1) is 25.3. The number of hydrogen-bond donors (Lipinski definition) is 0. The largest absolute Gasteiger partial charge is 0.309 e. The van der Waals surface area contributed by atoms with Crippen LogP contribution in [0.3, 0.4) is 0 Å². The molecule has 1 nitrogen and oxygen atoms in total. The molecular weight excluding hydrogens is 527 g/mol. The lowest BCUT2D eigenvalue weighted by molar-refractivity contribution is 0.660. The van der Waals surface area contributed by atoms with Gasteiger partial charge in [-0.1, -0.05) is 92.7 Å². The van der Waals surface area contributed by atoms with Crippen molar-refractivity contribution in [1.29, 1.82) is 0 Å². The van der Waals surface area contributed by atoms with Crippen molar-refractivity contribution in [3.8, 4) is 11.1 Å². The number of fused-ring (bicyclic) bond motifs is 8. The molecule has 0 aliphatic heterocycles. The molecule has 7 aromatic rings. The van der Waals surface area contributed by atoms with Gasteiger partial charge in [-0.2, -0.15) is 0 Å². The summed E-state index contributed by atoms with van der Waals surface area (Å²) in [5.41, 5.74) is 13.0. The highest BCUT2D eigenvalue weighted by atomic mass is 32.1. The molecule has 0 radical (unpaired) electrons. The highest BCUT2D eigenvalue weighted by Crippen LogP contribution is 2.54. The third-order valence-electron chi connectivity index (χ3n) is 9.36. The van der Waals surface area contributed by atoms with E-state index in [4.69, 9.17) is 0 Å². The fourth-order valence-corrected chi connectivity index (χ4v) is 8.37. The van der Waals surface area contributed by atoms with Crippen molar-refractivity contribution in [2.75, 3.05) is 4.90 Å². The summed E-state index contributed by atoms with van der Waals surface area (Å²) in [7, 11) is 0. The van der Waals surface area contributed by atoms with Crippen LogP contribution in [0.4, 0.5) is 17.1 Å². The van der Waals surface area contributed by atoms with E-state index in [1.165, 1.54) is 87.0 Å². The van der Waals surface area contributed by atoms with Crippen molar-refractivity contribution in [1.82, 2.24) is 0 Å². The maximum absolute atomic E-state index is 2.50. The molecule has 0 spiro atoms. The van der Waals surface area contributed by atoms with E-state index < -0.39 is 0 Å². The van der Waals surface area contributed by atoms with E-state index in [1.54, 1.807) is 0 Å². The molecule has 6 aromatic carbocycles. The number of anilines is 3. The Labute approximate surface area is 251 Å². The standard InChI is InChI=1S/C40H33NS/c1-24-17-18-25(2)36(21-24)41(35-15-10-14-31-29-12-8-9-16-37(29)42-39(31)35)27-19-20-32-33(23-27)40(4,5)34-22-26(3)28-11-6-7-13-30(28)38(32)34/h6-23H,1-5H3. The molecule has 0 saturated heterocycles. The van der Waals surface area contributed by atoms with Gasteiger partial charge in [0.05, 0.1) is 10.4 Å². The van der Waals surface area contributed by atoms with E-state index in [2.05, 4.69) is 149 Å². The monoisotopic (exact) mass is 559 g/mol. The summed E-state index contributed by atoms with van der Waals surface area (Å²) in [5, 5.41) is 5.35. The third kappa shape index (κ3) is 3.55. The molecule has 0 atom stereocenters. The molecule has 0 unspecified atom stereocenters. The van der Waals surface area contributed by atoms with Gasteiger partial charge >= 0.3 is 0 Å². The van der Waals surface area contributed by atoms with Crippen LogP contribution in [0.15, 0.2) is 109 Å². The second-order valence-electron chi connectivity index (χ2n) is 12.4. The molecule has 1 aromatic heterocycles. The SMILES string of the molecule is Cc1ccc(C)c(N(c2ccc3c(c2)C(C)(C)c2cc(C)c4ccccc4c2-3)c2cccc3c2sc2ccccc23)c1. The van der Waals surface area contributed by atoms with Crippen LogP contribution >= 0.6 is 11.3 Å². The van der Waals surface area contributed by atoms with Crippen LogP contribution in [-0.4, -0.2) is 0 Å². The maximum Gasteiger partial charge on any atom is 0.0640 e. The molecule has 2 heteroatoms. The van der Waals surface area contributed by atoms with E-state index in [0.29, 0.717) is 0 Å². The number of thiophene rings is 1. The molecule has 1 heterocycles. The number of rotatable bonds is 3. The minimum Gasteiger partial charge on any atom is -0.309 e. The lowest BCUT2D eigenvalue weighted by Gasteiger charge is -2.30. The van der Waals surface area contributed by atoms with Crippen LogP contribution in [0.5, 0.6) is 0 Å². The molecule has 0 fully saturated rings. The zero-order valence-electron chi connectivity index (χ0n) is 24.7. The van der Waals surface area contributed by atoms with Gasteiger partial charge in [0.25, 0.3) is 0 Å². The normalized spacial score (nSPS) is 13.5. The molecule has 0 N–H and O–H groups in total. The van der Waals surface area contributed by atoms with Crippen LogP contribution in [0.2, 0.25) is 0 Å². The molecule has 0 saturated carbocycles. The predicted octanol–water partition coefficient (Wildman–Crippen LogP) is 11.9. The lowest BCUT2D eigenvalue weighted by atomic mass is 9.81. The van der Waals surface area contributed by atoms with Gasteiger partial charge in [-0.15, -0.1) is 11.3 Å². The molecule has 1 aliphatic rings. The Bertz CT molecular complexity index is 2210. The zero-order chi connectivity index (χ0) is 28.7. The van der Waals surface area contributed by atoms with Crippen molar-refractivity contribution < 1.29 is 0 Å². The molecule has 1 aliphatic carbocycles. The maximum atomic E-state index is 2.50. The Morgan fingerprint density at radius 1 is 0.571 bits per heavy atom. The van der Waals surface area contributed by atoms with E-state index in [9.17, 15) is 0 Å². The highest BCUT2D eigenvalue weighted by Gasteiger charge is 2.37. The molecule has 204 valence electrons.